The number of aromatic nitrogens is 2. The highest BCUT2D eigenvalue weighted by molar-refractivity contribution is 7.11. The topological polar surface area (TPSA) is 37.8 Å². The number of aryl methyl sites for hydroxylation is 2. The summed E-state index contributed by atoms with van der Waals surface area (Å²) in [7, 11) is 0. The van der Waals surface area contributed by atoms with Crippen LogP contribution in [0.2, 0.25) is 0 Å². The van der Waals surface area contributed by atoms with Crippen LogP contribution in [0.5, 0.6) is 0 Å². The van der Waals surface area contributed by atoms with E-state index >= 15 is 0 Å². The largest absolute Gasteiger partial charge is 0.306 e. The molecule has 4 heteroatoms. The Bertz CT molecular complexity index is 479. The monoisotopic (exact) mass is 247 g/mol. The zero-order valence-corrected chi connectivity index (χ0v) is 11.0. The minimum atomic E-state index is 0.832. The van der Waals surface area contributed by atoms with Crippen LogP contribution in [0.3, 0.4) is 0 Å². The number of thiazole rings is 1. The molecule has 90 valence electrons. The van der Waals surface area contributed by atoms with E-state index in [1.165, 1.54) is 16.0 Å². The molecule has 17 heavy (non-hydrogen) atoms. The van der Waals surface area contributed by atoms with Gasteiger partial charge >= 0.3 is 0 Å². The van der Waals surface area contributed by atoms with Crippen molar-refractivity contribution in [2.75, 3.05) is 0 Å². The average Bonchev–Trinajstić information content (AvgIpc) is 2.80. The van der Waals surface area contributed by atoms with E-state index in [2.05, 4.69) is 29.1 Å². The quantitative estimate of drug-likeness (QED) is 0.882. The molecule has 0 radical (unpaired) electrons. The van der Waals surface area contributed by atoms with Crippen molar-refractivity contribution in [3.05, 3.63) is 45.7 Å². The molecular weight excluding hydrogens is 230 g/mol. The van der Waals surface area contributed by atoms with E-state index in [0.29, 0.717) is 0 Å². The molecule has 2 heterocycles. The Morgan fingerprint density at radius 2 is 2.18 bits per heavy atom. The van der Waals surface area contributed by atoms with Gasteiger partial charge < -0.3 is 5.32 Å². The first-order valence-electron chi connectivity index (χ1n) is 5.83. The maximum absolute atomic E-state index is 4.38. The Morgan fingerprint density at radius 3 is 2.88 bits per heavy atom. The third-order valence-corrected chi connectivity index (χ3v) is 3.83. The molecular formula is C13H17N3S. The standard InChI is InChI=1S/C13H17N3S/c1-3-12-8-16-13(17-12)9-15-7-11-6-14-5-4-10(11)2/h4-6,8,15H,3,7,9H2,1-2H3. The van der Waals surface area contributed by atoms with Gasteiger partial charge in [-0.25, -0.2) is 4.98 Å². The van der Waals surface area contributed by atoms with Crippen molar-refractivity contribution in [1.82, 2.24) is 15.3 Å². The van der Waals surface area contributed by atoms with Gasteiger partial charge in [0.05, 0.1) is 0 Å². The first-order valence-corrected chi connectivity index (χ1v) is 6.65. The Morgan fingerprint density at radius 1 is 1.29 bits per heavy atom. The van der Waals surface area contributed by atoms with Gasteiger partial charge in [-0.1, -0.05) is 6.92 Å². The van der Waals surface area contributed by atoms with E-state index in [0.717, 1.165) is 24.5 Å². The molecule has 3 nitrogen and oxygen atoms in total. The number of pyridine rings is 1. The fraction of sp³-hybridized carbons (Fsp3) is 0.385. The lowest BCUT2D eigenvalue weighted by Crippen LogP contribution is -2.13. The van der Waals surface area contributed by atoms with Crippen molar-refractivity contribution < 1.29 is 0 Å². The van der Waals surface area contributed by atoms with Gasteiger partial charge in [-0.3, -0.25) is 4.98 Å². The number of nitrogens with zero attached hydrogens (tertiary/aromatic N) is 2. The number of rotatable bonds is 5. The van der Waals surface area contributed by atoms with Crippen molar-refractivity contribution in [3.8, 4) is 0 Å². The molecule has 0 aliphatic carbocycles. The van der Waals surface area contributed by atoms with Gasteiger partial charge in [0.25, 0.3) is 0 Å². The van der Waals surface area contributed by atoms with Crippen LogP contribution in [-0.2, 0) is 19.5 Å². The predicted octanol–water partition coefficient (Wildman–Crippen LogP) is 2.70. The minimum Gasteiger partial charge on any atom is -0.306 e. The van der Waals surface area contributed by atoms with Crippen molar-refractivity contribution in [2.45, 2.75) is 33.4 Å². The van der Waals surface area contributed by atoms with Gasteiger partial charge in [0.1, 0.15) is 5.01 Å². The summed E-state index contributed by atoms with van der Waals surface area (Å²) in [6.07, 6.45) is 6.78. The van der Waals surface area contributed by atoms with Crippen molar-refractivity contribution in [3.63, 3.8) is 0 Å². The third kappa shape index (κ3) is 3.35. The molecule has 0 atom stereocenters. The van der Waals surface area contributed by atoms with E-state index < -0.39 is 0 Å². The summed E-state index contributed by atoms with van der Waals surface area (Å²) in [5, 5.41) is 4.56. The van der Waals surface area contributed by atoms with Crippen LogP contribution in [0.1, 0.15) is 27.9 Å². The first kappa shape index (κ1) is 12.2. The molecule has 0 aliphatic rings. The molecule has 0 bridgehead atoms. The summed E-state index contributed by atoms with van der Waals surface area (Å²) in [4.78, 5) is 9.86. The highest BCUT2D eigenvalue weighted by atomic mass is 32.1. The summed E-state index contributed by atoms with van der Waals surface area (Å²) < 4.78 is 0. The Kier molecular flexibility index (Phi) is 4.23. The second kappa shape index (κ2) is 5.89. The Hall–Kier alpha value is -1.26. The van der Waals surface area contributed by atoms with E-state index in [-0.39, 0.29) is 0 Å². The maximum Gasteiger partial charge on any atom is 0.107 e. The lowest BCUT2D eigenvalue weighted by Gasteiger charge is -2.05. The van der Waals surface area contributed by atoms with Crippen LogP contribution in [-0.4, -0.2) is 9.97 Å². The van der Waals surface area contributed by atoms with Crippen molar-refractivity contribution >= 4 is 11.3 Å². The van der Waals surface area contributed by atoms with E-state index in [4.69, 9.17) is 0 Å². The van der Waals surface area contributed by atoms with Crippen LogP contribution in [0.4, 0.5) is 0 Å². The van der Waals surface area contributed by atoms with Gasteiger partial charge in [-0.2, -0.15) is 0 Å². The number of nitrogens with one attached hydrogen (secondary N) is 1. The number of hydrogen-bond acceptors (Lipinski definition) is 4. The van der Waals surface area contributed by atoms with E-state index in [9.17, 15) is 0 Å². The summed E-state index contributed by atoms with van der Waals surface area (Å²) >= 11 is 1.78. The summed E-state index contributed by atoms with van der Waals surface area (Å²) in [6, 6.07) is 2.04. The second-order valence-corrected chi connectivity index (χ2v) is 5.18. The molecule has 0 saturated carbocycles. The maximum atomic E-state index is 4.38. The first-order chi connectivity index (χ1) is 8.29. The third-order valence-electron chi connectivity index (χ3n) is 2.69. The SMILES string of the molecule is CCc1cnc(CNCc2cnccc2C)s1. The van der Waals surface area contributed by atoms with Gasteiger partial charge in [-0.15, -0.1) is 11.3 Å². The fourth-order valence-electron chi connectivity index (χ4n) is 1.58. The molecule has 0 unspecified atom stereocenters. The van der Waals surface area contributed by atoms with Crippen LogP contribution in [0.15, 0.2) is 24.7 Å². The molecule has 2 rings (SSSR count). The average molecular weight is 247 g/mol. The molecule has 0 aliphatic heterocycles. The summed E-state index contributed by atoms with van der Waals surface area (Å²) in [5.74, 6) is 0. The zero-order valence-electron chi connectivity index (χ0n) is 10.2. The molecule has 2 aromatic rings. The number of hydrogen-bond donors (Lipinski definition) is 1. The molecule has 0 fully saturated rings. The van der Waals surface area contributed by atoms with E-state index in [1.807, 2.05) is 24.7 Å². The molecule has 0 spiro atoms. The van der Waals surface area contributed by atoms with Crippen LogP contribution >= 0.6 is 11.3 Å². The van der Waals surface area contributed by atoms with Crippen molar-refractivity contribution in [1.29, 1.82) is 0 Å². The molecule has 0 saturated heterocycles. The second-order valence-electron chi connectivity index (χ2n) is 3.98. The van der Waals surface area contributed by atoms with Crippen LogP contribution in [0, 0.1) is 6.92 Å². The molecule has 0 aromatic carbocycles. The van der Waals surface area contributed by atoms with Crippen LogP contribution < -0.4 is 5.32 Å². The summed E-state index contributed by atoms with van der Waals surface area (Å²) in [5.41, 5.74) is 2.53. The lowest BCUT2D eigenvalue weighted by molar-refractivity contribution is 0.685. The van der Waals surface area contributed by atoms with Crippen molar-refractivity contribution in [2.24, 2.45) is 0 Å². The highest BCUT2D eigenvalue weighted by Gasteiger charge is 2.01. The minimum absolute atomic E-state index is 0.832. The fourth-order valence-corrected chi connectivity index (χ4v) is 2.41. The summed E-state index contributed by atoms with van der Waals surface area (Å²) in [6.45, 7) is 5.95. The Labute approximate surface area is 106 Å². The highest BCUT2D eigenvalue weighted by Crippen LogP contribution is 2.13. The van der Waals surface area contributed by atoms with Gasteiger partial charge in [0.2, 0.25) is 0 Å². The molecule has 2 aromatic heterocycles. The normalized spacial score (nSPS) is 10.7. The lowest BCUT2D eigenvalue weighted by atomic mass is 10.2. The van der Waals surface area contributed by atoms with Gasteiger partial charge in [-0.05, 0) is 30.5 Å². The molecule has 0 amide bonds. The van der Waals surface area contributed by atoms with Gasteiger partial charge in [0, 0.05) is 36.6 Å². The predicted molar refractivity (Wildman–Crippen MR) is 71.0 cm³/mol. The van der Waals surface area contributed by atoms with Gasteiger partial charge in [0.15, 0.2) is 0 Å². The van der Waals surface area contributed by atoms with E-state index in [1.54, 1.807) is 11.3 Å². The Balaban J connectivity index is 1.85. The smallest absolute Gasteiger partial charge is 0.107 e. The zero-order chi connectivity index (χ0) is 12.1. The van der Waals surface area contributed by atoms with Crippen LogP contribution in [0.25, 0.3) is 0 Å². The molecule has 1 N–H and O–H groups in total.